The molecule has 0 saturated heterocycles. The van der Waals surface area contributed by atoms with Crippen LogP contribution >= 0.6 is 11.3 Å². The molecule has 2 rings (SSSR count). The second-order valence-corrected chi connectivity index (χ2v) is 6.08. The van der Waals surface area contributed by atoms with E-state index >= 15 is 0 Å². The number of nitrogens with zero attached hydrogens (tertiary/aromatic N) is 1. The average Bonchev–Trinajstić information content (AvgIpc) is 3.12. The van der Waals surface area contributed by atoms with Crippen molar-refractivity contribution in [3.8, 4) is 5.00 Å². The summed E-state index contributed by atoms with van der Waals surface area (Å²) >= 11 is 1.48. The lowest BCUT2D eigenvalue weighted by molar-refractivity contribution is -0.127. The van der Waals surface area contributed by atoms with E-state index in [2.05, 4.69) is 5.32 Å². The van der Waals surface area contributed by atoms with Gasteiger partial charge in [0.1, 0.15) is 5.00 Å². The van der Waals surface area contributed by atoms with Gasteiger partial charge in [-0.1, -0.05) is 0 Å². The highest BCUT2D eigenvalue weighted by Crippen LogP contribution is 2.31. The molecule has 2 aromatic rings. The van der Waals surface area contributed by atoms with Gasteiger partial charge >= 0.3 is 5.97 Å². The zero-order valence-corrected chi connectivity index (χ0v) is 13.6. The van der Waals surface area contributed by atoms with Gasteiger partial charge in [-0.2, -0.15) is 0 Å². The third-order valence-electron chi connectivity index (χ3n) is 3.20. The quantitative estimate of drug-likeness (QED) is 0.766. The molecule has 0 unspecified atom stereocenters. The van der Waals surface area contributed by atoms with E-state index in [1.165, 1.54) is 11.3 Å². The van der Waals surface area contributed by atoms with Gasteiger partial charge < -0.3 is 20.4 Å². The number of nitrogens with two attached hydrogens (primary N) is 1. The van der Waals surface area contributed by atoms with Gasteiger partial charge in [-0.15, -0.1) is 11.3 Å². The Morgan fingerprint density at radius 3 is 2.52 bits per heavy atom. The Labute approximate surface area is 137 Å². The van der Waals surface area contributed by atoms with Crippen LogP contribution in [0.2, 0.25) is 0 Å². The van der Waals surface area contributed by atoms with E-state index in [9.17, 15) is 14.4 Å². The number of hydrogen-bond donors (Lipinski definition) is 2. The molecule has 0 aromatic carbocycles. The topological polar surface area (TPSA) is 103 Å². The molecular weight excluding hydrogens is 318 g/mol. The lowest BCUT2D eigenvalue weighted by Crippen LogP contribution is -2.36. The Bertz CT molecular complexity index is 734. The number of aromatic nitrogens is 1. The molecular formula is C15H17N3O4S. The number of rotatable bonds is 6. The third-order valence-corrected chi connectivity index (χ3v) is 4.42. The molecule has 0 atom stereocenters. The zero-order chi connectivity index (χ0) is 17.0. The SMILES string of the molecule is Cc1sc(-n2cccc2)c(C(=O)OCC(=O)NCC(N)=O)c1C. The fourth-order valence-electron chi connectivity index (χ4n) is 1.94. The Morgan fingerprint density at radius 2 is 1.91 bits per heavy atom. The molecule has 0 fully saturated rings. The Morgan fingerprint density at radius 1 is 1.26 bits per heavy atom. The van der Waals surface area contributed by atoms with Crippen molar-refractivity contribution in [3.05, 3.63) is 40.5 Å². The van der Waals surface area contributed by atoms with Crippen molar-refractivity contribution in [3.63, 3.8) is 0 Å². The second-order valence-electron chi connectivity index (χ2n) is 4.87. The molecule has 0 saturated carbocycles. The summed E-state index contributed by atoms with van der Waals surface area (Å²) in [6.45, 7) is 3.00. The molecule has 2 heterocycles. The van der Waals surface area contributed by atoms with Crippen LogP contribution < -0.4 is 11.1 Å². The largest absolute Gasteiger partial charge is 0.452 e. The zero-order valence-electron chi connectivity index (χ0n) is 12.8. The summed E-state index contributed by atoms with van der Waals surface area (Å²) in [6, 6.07) is 3.72. The number of ether oxygens (including phenoxy) is 1. The number of nitrogens with one attached hydrogen (secondary N) is 1. The lowest BCUT2D eigenvalue weighted by Gasteiger charge is -2.08. The number of carbonyl (C=O) groups excluding carboxylic acids is 3. The normalized spacial score (nSPS) is 10.3. The van der Waals surface area contributed by atoms with Crippen LogP contribution in [-0.4, -0.2) is 35.5 Å². The molecule has 0 aliphatic heterocycles. The van der Waals surface area contributed by atoms with Crippen LogP contribution in [0.25, 0.3) is 5.00 Å². The van der Waals surface area contributed by atoms with Gasteiger partial charge in [0.05, 0.1) is 12.1 Å². The van der Waals surface area contributed by atoms with Crippen LogP contribution in [0.4, 0.5) is 0 Å². The highest BCUT2D eigenvalue weighted by molar-refractivity contribution is 7.15. The predicted molar refractivity (Wildman–Crippen MR) is 85.6 cm³/mol. The minimum Gasteiger partial charge on any atom is -0.452 e. The summed E-state index contributed by atoms with van der Waals surface area (Å²) < 4.78 is 6.87. The molecule has 2 aromatic heterocycles. The summed E-state index contributed by atoms with van der Waals surface area (Å²) in [7, 11) is 0. The first-order chi connectivity index (χ1) is 10.9. The first kappa shape index (κ1) is 16.8. The van der Waals surface area contributed by atoms with Crippen LogP contribution in [-0.2, 0) is 14.3 Å². The van der Waals surface area contributed by atoms with Gasteiger partial charge in [-0.05, 0) is 31.5 Å². The predicted octanol–water partition coefficient (Wildman–Crippen LogP) is 0.914. The maximum atomic E-state index is 12.3. The molecule has 0 spiro atoms. The van der Waals surface area contributed by atoms with Crippen molar-refractivity contribution in [2.45, 2.75) is 13.8 Å². The van der Waals surface area contributed by atoms with Crippen molar-refractivity contribution in [2.75, 3.05) is 13.2 Å². The molecule has 0 bridgehead atoms. The summed E-state index contributed by atoms with van der Waals surface area (Å²) in [4.78, 5) is 35.4. The Balaban J connectivity index is 2.11. The van der Waals surface area contributed by atoms with Crippen molar-refractivity contribution < 1.29 is 19.1 Å². The summed E-state index contributed by atoms with van der Waals surface area (Å²) in [6.07, 6.45) is 3.67. The van der Waals surface area contributed by atoms with Gasteiger partial charge in [0, 0.05) is 17.3 Å². The van der Waals surface area contributed by atoms with Crippen LogP contribution in [0.15, 0.2) is 24.5 Å². The molecule has 7 nitrogen and oxygen atoms in total. The standard InChI is InChI=1S/C15H17N3O4S/c1-9-10(2)23-14(18-5-3-4-6-18)13(9)15(21)22-8-12(20)17-7-11(16)19/h3-6H,7-8H2,1-2H3,(H2,16,19)(H,17,20). The van der Waals surface area contributed by atoms with E-state index in [1.807, 2.05) is 42.9 Å². The molecule has 8 heteroatoms. The smallest absolute Gasteiger partial charge is 0.341 e. The van der Waals surface area contributed by atoms with Gasteiger partial charge in [0.25, 0.3) is 5.91 Å². The summed E-state index contributed by atoms with van der Waals surface area (Å²) in [5.74, 6) is -1.82. The number of primary amides is 1. The minimum absolute atomic E-state index is 0.290. The highest BCUT2D eigenvalue weighted by atomic mass is 32.1. The first-order valence-electron chi connectivity index (χ1n) is 6.85. The van der Waals surface area contributed by atoms with Gasteiger partial charge in [-0.25, -0.2) is 4.79 Å². The summed E-state index contributed by atoms with van der Waals surface area (Å²) in [5, 5.41) is 3.00. The molecule has 0 aliphatic rings. The van der Waals surface area contributed by atoms with Gasteiger partial charge in [-0.3, -0.25) is 9.59 Å². The van der Waals surface area contributed by atoms with Crippen LogP contribution in [0.3, 0.4) is 0 Å². The number of amides is 2. The van der Waals surface area contributed by atoms with E-state index in [-0.39, 0.29) is 6.54 Å². The summed E-state index contributed by atoms with van der Waals surface area (Å²) in [5.41, 5.74) is 6.18. The van der Waals surface area contributed by atoms with E-state index in [4.69, 9.17) is 10.5 Å². The lowest BCUT2D eigenvalue weighted by atomic mass is 10.1. The van der Waals surface area contributed by atoms with Crippen molar-refractivity contribution >= 4 is 29.1 Å². The molecule has 23 heavy (non-hydrogen) atoms. The van der Waals surface area contributed by atoms with Crippen LogP contribution in [0.1, 0.15) is 20.8 Å². The minimum atomic E-state index is -0.663. The van der Waals surface area contributed by atoms with Crippen molar-refractivity contribution in [2.24, 2.45) is 5.73 Å². The number of esters is 1. The second kappa shape index (κ2) is 7.10. The molecule has 122 valence electrons. The fraction of sp³-hybridized carbons (Fsp3) is 0.267. The molecule has 3 N–H and O–H groups in total. The number of thiophene rings is 1. The fourth-order valence-corrected chi connectivity index (χ4v) is 3.05. The molecule has 2 amide bonds. The molecule has 0 radical (unpaired) electrons. The number of aryl methyl sites for hydroxylation is 1. The number of carbonyl (C=O) groups is 3. The van der Waals surface area contributed by atoms with Crippen molar-refractivity contribution in [1.29, 1.82) is 0 Å². The Kier molecular flexibility index (Phi) is 5.17. The van der Waals surface area contributed by atoms with Crippen LogP contribution in [0.5, 0.6) is 0 Å². The number of hydrogen-bond acceptors (Lipinski definition) is 5. The van der Waals surface area contributed by atoms with Crippen molar-refractivity contribution in [1.82, 2.24) is 9.88 Å². The van der Waals surface area contributed by atoms with E-state index < -0.39 is 24.4 Å². The van der Waals surface area contributed by atoms with E-state index in [0.29, 0.717) is 5.56 Å². The van der Waals surface area contributed by atoms with Gasteiger partial charge in [0.2, 0.25) is 5.91 Å². The molecule has 0 aliphatic carbocycles. The average molecular weight is 335 g/mol. The third kappa shape index (κ3) is 3.98. The first-order valence-corrected chi connectivity index (χ1v) is 7.67. The monoisotopic (exact) mass is 335 g/mol. The maximum absolute atomic E-state index is 12.3. The highest BCUT2D eigenvalue weighted by Gasteiger charge is 2.22. The maximum Gasteiger partial charge on any atom is 0.341 e. The Hall–Kier alpha value is -2.61. The van der Waals surface area contributed by atoms with Gasteiger partial charge in [0.15, 0.2) is 6.61 Å². The van der Waals surface area contributed by atoms with E-state index in [0.717, 1.165) is 15.4 Å². The van der Waals surface area contributed by atoms with Crippen LogP contribution in [0, 0.1) is 13.8 Å². The van der Waals surface area contributed by atoms with E-state index in [1.54, 1.807) is 0 Å².